The smallest absolute Gasteiger partial charge is 0.423 e. The molecule has 0 aliphatic carbocycles. The molecule has 0 fully saturated rings. The molecule has 1 aromatic carbocycles. The molecule has 3 N–H and O–H groups in total. The van der Waals surface area contributed by atoms with Gasteiger partial charge in [0.05, 0.1) is 6.10 Å². The first kappa shape index (κ1) is 16.8. The molecule has 0 saturated heterocycles. The number of rotatable bonds is 5. The first-order valence-corrected chi connectivity index (χ1v) is 6.45. The summed E-state index contributed by atoms with van der Waals surface area (Å²) in [4.78, 5) is 0. The lowest BCUT2D eigenvalue weighted by molar-refractivity contribution is -0.275. The summed E-state index contributed by atoms with van der Waals surface area (Å²) < 4.78 is 45.4. The molecule has 1 rings (SSSR count). The zero-order chi connectivity index (χ0) is 15.6. The highest BCUT2D eigenvalue weighted by molar-refractivity contribution is 5.40. The Hall–Kier alpha value is -1.27. The predicted molar refractivity (Wildman–Crippen MR) is 70.4 cm³/mol. The SMILES string of the molecule is CCC(N)C(O)(c1ccccc1OC(C)C)C(F)(F)F. The van der Waals surface area contributed by atoms with Gasteiger partial charge in [0, 0.05) is 11.6 Å². The van der Waals surface area contributed by atoms with Gasteiger partial charge in [-0.25, -0.2) is 0 Å². The van der Waals surface area contributed by atoms with Crippen LogP contribution in [0, 0.1) is 0 Å². The lowest BCUT2D eigenvalue weighted by Crippen LogP contribution is -2.55. The van der Waals surface area contributed by atoms with Gasteiger partial charge in [-0.15, -0.1) is 0 Å². The molecule has 1 aromatic rings. The number of alkyl halides is 3. The van der Waals surface area contributed by atoms with Crippen molar-refractivity contribution >= 4 is 0 Å². The van der Waals surface area contributed by atoms with Crippen LogP contribution in [0.4, 0.5) is 13.2 Å². The highest BCUT2D eigenvalue weighted by Crippen LogP contribution is 2.45. The Labute approximate surface area is 116 Å². The van der Waals surface area contributed by atoms with E-state index in [-0.39, 0.29) is 23.8 Å². The van der Waals surface area contributed by atoms with Gasteiger partial charge in [0.1, 0.15) is 5.75 Å². The summed E-state index contributed by atoms with van der Waals surface area (Å²) in [6, 6.07) is 4.09. The number of ether oxygens (including phenoxy) is 1. The normalized spacial score (nSPS) is 16.9. The molecule has 114 valence electrons. The van der Waals surface area contributed by atoms with Gasteiger partial charge in [0.2, 0.25) is 5.60 Å². The number of hydrogen-bond acceptors (Lipinski definition) is 3. The fourth-order valence-electron chi connectivity index (χ4n) is 2.00. The van der Waals surface area contributed by atoms with Gasteiger partial charge in [-0.3, -0.25) is 0 Å². The van der Waals surface area contributed by atoms with Crippen LogP contribution in [0.5, 0.6) is 5.75 Å². The molecular formula is C14H20F3NO2. The number of benzene rings is 1. The second kappa shape index (κ2) is 6.01. The van der Waals surface area contributed by atoms with Gasteiger partial charge in [-0.1, -0.05) is 25.1 Å². The summed E-state index contributed by atoms with van der Waals surface area (Å²) in [5, 5.41) is 10.3. The van der Waals surface area contributed by atoms with Gasteiger partial charge < -0.3 is 15.6 Å². The number of halogens is 3. The van der Waals surface area contributed by atoms with E-state index in [0.717, 1.165) is 0 Å². The number of aliphatic hydroxyl groups is 1. The Morgan fingerprint density at radius 3 is 2.25 bits per heavy atom. The van der Waals surface area contributed by atoms with Gasteiger partial charge >= 0.3 is 6.18 Å². The quantitative estimate of drug-likeness (QED) is 0.877. The molecule has 0 radical (unpaired) electrons. The maximum atomic E-state index is 13.4. The Morgan fingerprint density at radius 1 is 1.25 bits per heavy atom. The van der Waals surface area contributed by atoms with Gasteiger partial charge in [0.25, 0.3) is 0 Å². The van der Waals surface area contributed by atoms with Crippen molar-refractivity contribution in [3.63, 3.8) is 0 Å². The summed E-state index contributed by atoms with van der Waals surface area (Å²) in [7, 11) is 0. The van der Waals surface area contributed by atoms with Crippen LogP contribution in [-0.2, 0) is 5.60 Å². The van der Waals surface area contributed by atoms with Crippen LogP contribution in [0.25, 0.3) is 0 Å². The van der Waals surface area contributed by atoms with Crippen molar-refractivity contribution in [2.75, 3.05) is 0 Å². The third kappa shape index (κ3) is 3.07. The minimum absolute atomic E-state index is 0.00812. The molecular weight excluding hydrogens is 271 g/mol. The average molecular weight is 291 g/mol. The Morgan fingerprint density at radius 2 is 1.80 bits per heavy atom. The maximum Gasteiger partial charge on any atom is 0.423 e. The van der Waals surface area contributed by atoms with E-state index in [0.29, 0.717) is 0 Å². The molecule has 0 aliphatic rings. The first-order valence-electron chi connectivity index (χ1n) is 6.45. The molecule has 0 spiro atoms. The molecule has 2 atom stereocenters. The van der Waals surface area contributed by atoms with Crippen LogP contribution in [0.15, 0.2) is 24.3 Å². The van der Waals surface area contributed by atoms with E-state index < -0.39 is 17.8 Å². The van der Waals surface area contributed by atoms with E-state index in [1.54, 1.807) is 19.9 Å². The third-order valence-electron chi connectivity index (χ3n) is 3.07. The Bertz CT molecular complexity index is 448. The maximum absolute atomic E-state index is 13.4. The van der Waals surface area contributed by atoms with E-state index in [1.165, 1.54) is 25.1 Å². The molecule has 0 aromatic heterocycles. The fourth-order valence-corrected chi connectivity index (χ4v) is 2.00. The monoisotopic (exact) mass is 291 g/mol. The van der Waals surface area contributed by atoms with Crippen molar-refractivity contribution in [3.05, 3.63) is 29.8 Å². The van der Waals surface area contributed by atoms with E-state index in [4.69, 9.17) is 10.5 Å². The molecule has 0 amide bonds. The number of hydrogen-bond donors (Lipinski definition) is 2. The van der Waals surface area contributed by atoms with Gasteiger partial charge in [-0.2, -0.15) is 13.2 Å². The second-order valence-electron chi connectivity index (χ2n) is 4.94. The van der Waals surface area contributed by atoms with Crippen LogP contribution in [0.1, 0.15) is 32.8 Å². The van der Waals surface area contributed by atoms with Crippen molar-refractivity contribution in [2.24, 2.45) is 5.73 Å². The van der Waals surface area contributed by atoms with E-state index >= 15 is 0 Å². The Kier molecular flexibility index (Phi) is 5.05. The number of nitrogens with two attached hydrogens (primary N) is 1. The van der Waals surface area contributed by atoms with Gasteiger partial charge in [-0.05, 0) is 26.3 Å². The zero-order valence-electron chi connectivity index (χ0n) is 11.7. The molecule has 20 heavy (non-hydrogen) atoms. The third-order valence-corrected chi connectivity index (χ3v) is 3.07. The summed E-state index contributed by atoms with van der Waals surface area (Å²) >= 11 is 0. The lowest BCUT2D eigenvalue weighted by atomic mass is 9.84. The minimum atomic E-state index is -4.89. The highest BCUT2D eigenvalue weighted by atomic mass is 19.4. The van der Waals surface area contributed by atoms with Crippen LogP contribution in [-0.4, -0.2) is 23.4 Å². The molecule has 6 heteroatoms. The molecule has 0 saturated carbocycles. The number of para-hydroxylation sites is 1. The van der Waals surface area contributed by atoms with Crippen LogP contribution < -0.4 is 10.5 Å². The van der Waals surface area contributed by atoms with Crippen LogP contribution in [0.2, 0.25) is 0 Å². The van der Waals surface area contributed by atoms with E-state index in [2.05, 4.69) is 0 Å². The van der Waals surface area contributed by atoms with Crippen molar-refractivity contribution in [1.82, 2.24) is 0 Å². The van der Waals surface area contributed by atoms with Crippen molar-refractivity contribution in [3.8, 4) is 5.75 Å². The minimum Gasteiger partial charge on any atom is -0.491 e. The largest absolute Gasteiger partial charge is 0.491 e. The summed E-state index contributed by atoms with van der Waals surface area (Å²) in [6.07, 6.45) is -5.23. The van der Waals surface area contributed by atoms with Crippen LogP contribution in [0.3, 0.4) is 0 Å². The van der Waals surface area contributed by atoms with Crippen LogP contribution >= 0.6 is 0 Å². The lowest BCUT2D eigenvalue weighted by Gasteiger charge is -2.36. The molecule has 3 nitrogen and oxygen atoms in total. The molecule has 2 unspecified atom stereocenters. The summed E-state index contributed by atoms with van der Waals surface area (Å²) in [6.45, 7) is 4.89. The second-order valence-corrected chi connectivity index (χ2v) is 4.94. The summed E-state index contributed by atoms with van der Waals surface area (Å²) in [5.74, 6) is -0.00812. The van der Waals surface area contributed by atoms with Crippen molar-refractivity contribution < 1.29 is 23.0 Å². The first-order chi connectivity index (χ1) is 9.14. The standard InChI is InChI=1S/C14H20F3NO2/c1-4-12(18)13(19,14(15,16)17)10-7-5-6-8-11(10)20-9(2)3/h5-9,12,19H,4,18H2,1-3H3. The van der Waals surface area contributed by atoms with E-state index in [9.17, 15) is 18.3 Å². The topological polar surface area (TPSA) is 55.5 Å². The highest BCUT2D eigenvalue weighted by Gasteiger charge is 2.59. The van der Waals surface area contributed by atoms with Gasteiger partial charge in [0.15, 0.2) is 0 Å². The summed E-state index contributed by atoms with van der Waals surface area (Å²) in [5.41, 5.74) is 2.06. The molecule has 0 bridgehead atoms. The van der Waals surface area contributed by atoms with E-state index in [1.807, 2.05) is 0 Å². The average Bonchev–Trinajstić information content (AvgIpc) is 2.35. The molecule has 0 heterocycles. The van der Waals surface area contributed by atoms with Crippen molar-refractivity contribution in [1.29, 1.82) is 0 Å². The Balaban J connectivity index is 3.43. The fraction of sp³-hybridized carbons (Fsp3) is 0.571. The molecule has 0 aliphatic heterocycles. The predicted octanol–water partition coefficient (Wildman–Crippen LogP) is 2.96. The zero-order valence-corrected chi connectivity index (χ0v) is 11.7. The van der Waals surface area contributed by atoms with Crippen molar-refractivity contribution in [2.45, 2.75) is 51.1 Å².